The molecule has 0 spiro atoms. The van der Waals surface area contributed by atoms with E-state index in [9.17, 15) is 4.79 Å². The molecule has 0 fully saturated rings. The maximum Gasteiger partial charge on any atom is 0.177 e. The molecule has 0 amide bonds. The van der Waals surface area contributed by atoms with Crippen LogP contribution < -0.4 is 9.47 Å². The number of ether oxygens (including phenoxy) is 2. The number of hydrogen-bond acceptors (Lipinski definition) is 5. The monoisotopic (exact) mass is 360 g/mol. The first kappa shape index (κ1) is 16.0. The molecule has 0 unspecified atom stereocenters. The van der Waals surface area contributed by atoms with Crippen LogP contribution in [0.3, 0.4) is 0 Å². The van der Waals surface area contributed by atoms with Gasteiger partial charge in [-0.3, -0.25) is 9.78 Å². The summed E-state index contributed by atoms with van der Waals surface area (Å²) in [4.78, 5) is 15.9. The molecule has 0 bridgehead atoms. The average Bonchev–Trinajstić information content (AvgIpc) is 2.59. The Morgan fingerprint density at radius 2 is 2.23 bits per heavy atom. The fourth-order valence-corrected chi connectivity index (χ4v) is 2.17. The van der Waals surface area contributed by atoms with Gasteiger partial charge in [0.15, 0.2) is 5.78 Å². The highest BCUT2D eigenvalue weighted by atomic mass is 79.9. The minimum absolute atomic E-state index is 0.0695. The zero-order valence-electron chi connectivity index (χ0n) is 11.9. The number of carbonyl (C=O) groups excluding carboxylic acids is 1. The predicted octanol–water partition coefficient (Wildman–Crippen LogP) is 3.12. The van der Waals surface area contributed by atoms with E-state index in [0.29, 0.717) is 28.3 Å². The predicted molar refractivity (Wildman–Crippen MR) is 84.4 cm³/mol. The molecule has 0 atom stereocenters. The largest absolute Gasteiger partial charge is 0.496 e. The van der Waals surface area contributed by atoms with Crippen LogP contribution in [0.1, 0.15) is 21.6 Å². The molecule has 0 saturated heterocycles. The lowest BCUT2D eigenvalue weighted by molar-refractivity contribution is 0.102. The average molecular weight is 361 g/mol. The minimum atomic E-state index is -0.0695. The topological polar surface area (TPSA) is 72.2 Å². The standard InChI is InChI=1S/C16H13BrN2O3/c1-21-16-7-12(4-5-13(16)15(20)8-17)22-10-14-11(9-18)3-2-6-19-14/h2-7H,8,10H2,1H3. The highest BCUT2D eigenvalue weighted by Gasteiger charge is 2.12. The van der Waals surface area contributed by atoms with E-state index in [0.717, 1.165) is 0 Å². The normalized spacial score (nSPS) is 9.86. The van der Waals surface area contributed by atoms with Crippen LogP contribution in [-0.4, -0.2) is 23.2 Å². The zero-order chi connectivity index (χ0) is 15.9. The van der Waals surface area contributed by atoms with Crippen molar-refractivity contribution in [3.8, 4) is 17.6 Å². The number of hydrogen-bond donors (Lipinski definition) is 0. The number of nitriles is 1. The van der Waals surface area contributed by atoms with Crippen LogP contribution in [0.25, 0.3) is 0 Å². The lowest BCUT2D eigenvalue weighted by Crippen LogP contribution is -2.05. The summed E-state index contributed by atoms with van der Waals surface area (Å²) >= 11 is 3.14. The number of carbonyl (C=O) groups is 1. The first-order chi connectivity index (χ1) is 10.7. The van der Waals surface area contributed by atoms with Gasteiger partial charge in [-0.1, -0.05) is 15.9 Å². The van der Waals surface area contributed by atoms with Crippen molar-refractivity contribution in [2.45, 2.75) is 6.61 Å². The first-order valence-electron chi connectivity index (χ1n) is 6.43. The fourth-order valence-electron chi connectivity index (χ4n) is 1.87. The molecule has 22 heavy (non-hydrogen) atoms. The van der Waals surface area contributed by atoms with Gasteiger partial charge in [0.2, 0.25) is 0 Å². The van der Waals surface area contributed by atoms with Gasteiger partial charge in [0.05, 0.1) is 29.3 Å². The molecule has 1 aromatic carbocycles. The summed E-state index contributed by atoms with van der Waals surface area (Å²) in [5, 5.41) is 9.24. The summed E-state index contributed by atoms with van der Waals surface area (Å²) < 4.78 is 10.8. The van der Waals surface area contributed by atoms with Gasteiger partial charge in [0, 0.05) is 12.3 Å². The number of nitrogens with zero attached hydrogens (tertiary/aromatic N) is 2. The van der Waals surface area contributed by atoms with Crippen LogP contribution in [0.5, 0.6) is 11.5 Å². The van der Waals surface area contributed by atoms with Crippen molar-refractivity contribution >= 4 is 21.7 Å². The molecule has 0 saturated carbocycles. The van der Waals surface area contributed by atoms with Gasteiger partial charge >= 0.3 is 0 Å². The van der Waals surface area contributed by atoms with Crippen molar-refractivity contribution in [2.75, 3.05) is 12.4 Å². The lowest BCUT2D eigenvalue weighted by Gasteiger charge is -2.11. The second-order valence-electron chi connectivity index (χ2n) is 4.32. The quantitative estimate of drug-likeness (QED) is 0.584. The molecule has 5 nitrogen and oxygen atoms in total. The Balaban J connectivity index is 2.17. The molecule has 1 aromatic heterocycles. The minimum Gasteiger partial charge on any atom is -0.496 e. The van der Waals surface area contributed by atoms with Crippen molar-refractivity contribution in [3.05, 3.63) is 53.3 Å². The van der Waals surface area contributed by atoms with Gasteiger partial charge in [0.1, 0.15) is 24.2 Å². The molecular formula is C16H13BrN2O3. The number of halogens is 1. The molecule has 6 heteroatoms. The lowest BCUT2D eigenvalue weighted by atomic mass is 10.1. The van der Waals surface area contributed by atoms with Gasteiger partial charge in [0.25, 0.3) is 0 Å². The number of alkyl halides is 1. The van der Waals surface area contributed by atoms with Crippen molar-refractivity contribution in [1.29, 1.82) is 5.26 Å². The van der Waals surface area contributed by atoms with Gasteiger partial charge < -0.3 is 9.47 Å². The molecular weight excluding hydrogens is 348 g/mol. The van der Waals surface area contributed by atoms with Gasteiger partial charge in [-0.05, 0) is 24.3 Å². The van der Waals surface area contributed by atoms with Crippen molar-refractivity contribution in [3.63, 3.8) is 0 Å². The molecule has 112 valence electrons. The summed E-state index contributed by atoms with van der Waals surface area (Å²) in [5.41, 5.74) is 1.52. The highest BCUT2D eigenvalue weighted by molar-refractivity contribution is 9.09. The Labute approximate surface area is 136 Å². The fraction of sp³-hybridized carbons (Fsp3) is 0.188. The van der Waals surface area contributed by atoms with E-state index in [-0.39, 0.29) is 17.7 Å². The van der Waals surface area contributed by atoms with Gasteiger partial charge in [-0.25, -0.2) is 0 Å². The Morgan fingerprint density at radius 3 is 2.91 bits per heavy atom. The summed E-state index contributed by atoms with van der Waals surface area (Å²) in [5.74, 6) is 0.917. The molecule has 2 aromatic rings. The molecule has 0 radical (unpaired) electrons. The summed E-state index contributed by atoms with van der Waals surface area (Å²) in [6.07, 6.45) is 1.61. The number of rotatable bonds is 6. The van der Waals surface area contributed by atoms with Crippen molar-refractivity contribution in [1.82, 2.24) is 4.98 Å². The number of methoxy groups -OCH3 is 1. The number of aromatic nitrogens is 1. The van der Waals surface area contributed by atoms with E-state index in [2.05, 4.69) is 27.0 Å². The third kappa shape index (κ3) is 3.62. The van der Waals surface area contributed by atoms with Crippen LogP contribution in [0.4, 0.5) is 0 Å². The first-order valence-corrected chi connectivity index (χ1v) is 7.55. The second kappa shape index (κ2) is 7.57. The summed E-state index contributed by atoms with van der Waals surface area (Å²) in [6.45, 7) is 0.165. The Morgan fingerprint density at radius 1 is 1.41 bits per heavy atom. The van der Waals surface area contributed by atoms with E-state index >= 15 is 0 Å². The number of benzene rings is 1. The van der Waals surface area contributed by atoms with Crippen molar-refractivity contribution < 1.29 is 14.3 Å². The number of ketones is 1. The zero-order valence-corrected chi connectivity index (χ0v) is 13.5. The third-order valence-electron chi connectivity index (χ3n) is 2.98. The number of Topliss-reactive ketones (excluding diaryl/α,β-unsaturated/α-hetero) is 1. The van der Waals surface area contributed by atoms with E-state index in [4.69, 9.17) is 14.7 Å². The molecule has 1 heterocycles. The molecule has 0 aliphatic rings. The Kier molecular flexibility index (Phi) is 5.50. The SMILES string of the molecule is COc1cc(OCc2ncccc2C#N)ccc1C(=O)CBr. The molecule has 0 aliphatic carbocycles. The summed E-state index contributed by atoms with van der Waals surface area (Å²) in [6, 6.07) is 10.4. The molecule has 2 rings (SSSR count). The maximum absolute atomic E-state index is 11.8. The van der Waals surface area contributed by atoms with Crippen LogP contribution in [-0.2, 0) is 6.61 Å². The Hall–Kier alpha value is -2.39. The van der Waals surface area contributed by atoms with Crippen LogP contribution in [0.15, 0.2) is 36.5 Å². The third-order valence-corrected chi connectivity index (χ3v) is 3.49. The smallest absolute Gasteiger partial charge is 0.177 e. The maximum atomic E-state index is 11.8. The highest BCUT2D eigenvalue weighted by Crippen LogP contribution is 2.26. The van der Waals surface area contributed by atoms with E-state index in [1.807, 2.05) is 0 Å². The van der Waals surface area contributed by atoms with E-state index in [1.54, 1.807) is 36.5 Å². The molecule has 0 aliphatic heterocycles. The van der Waals surface area contributed by atoms with Gasteiger partial charge in [-0.15, -0.1) is 0 Å². The Bertz CT molecular complexity index is 726. The van der Waals surface area contributed by atoms with Crippen LogP contribution >= 0.6 is 15.9 Å². The van der Waals surface area contributed by atoms with Gasteiger partial charge in [-0.2, -0.15) is 5.26 Å². The second-order valence-corrected chi connectivity index (χ2v) is 4.88. The molecule has 0 N–H and O–H groups in total. The van der Waals surface area contributed by atoms with Crippen LogP contribution in [0.2, 0.25) is 0 Å². The van der Waals surface area contributed by atoms with Crippen molar-refractivity contribution in [2.24, 2.45) is 0 Å². The van der Waals surface area contributed by atoms with Crippen LogP contribution in [0, 0.1) is 11.3 Å². The number of pyridine rings is 1. The van der Waals surface area contributed by atoms with E-state index in [1.165, 1.54) is 7.11 Å². The van der Waals surface area contributed by atoms with E-state index < -0.39 is 0 Å². The summed E-state index contributed by atoms with van der Waals surface area (Å²) in [7, 11) is 1.50.